The number of benzene rings is 1. The van der Waals surface area contributed by atoms with E-state index in [0.29, 0.717) is 6.61 Å². The lowest BCUT2D eigenvalue weighted by Gasteiger charge is -2.17. The first-order valence-corrected chi connectivity index (χ1v) is 5.81. The minimum absolute atomic E-state index is 0.316. The molecule has 1 N–H and O–H groups in total. The number of aliphatic hydroxyl groups is 1. The van der Waals surface area contributed by atoms with Crippen molar-refractivity contribution in [1.82, 2.24) is 0 Å². The molecule has 0 heterocycles. The van der Waals surface area contributed by atoms with Crippen LogP contribution in [0.5, 0.6) is 5.75 Å². The molecule has 0 aromatic heterocycles. The summed E-state index contributed by atoms with van der Waals surface area (Å²) in [5.41, 5.74) is 0.386. The molecule has 0 unspecified atom stereocenters. The van der Waals surface area contributed by atoms with Crippen molar-refractivity contribution in [3.05, 3.63) is 29.8 Å². The molecule has 0 aliphatic heterocycles. The van der Waals surface area contributed by atoms with Gasteiger partial charge < -0.3 is 9.84 Å². The zero-order chi connectivity index (χ0) is 12.6. The van der Waals surface area contributed by atoms with Gasteiger partial charge in [0.25, 0.3) is 0 Å². The van der Waals surface area contributed by atoms with Crippen molar-refractivity contribution in [1.29, 1.82) is 0 Å². The summed E-state index contributed by atoms with van der Waals surface area (Å²) in [6.07, 6.45) is 1.25. The van der Waals surface area contributed by atoms with Gasteiger partial charge in [0.1, 0.15) is 12.4 Å². The summed E-state index contributed by atoms with van der Waals surface area (Å²) in [4.78, 5) is 0. The molecule has 0 aliphatic carbocycles. The largest absolute Gasteiger partial charge is 0.491 e. The summed E-state index contributed by atoms with van der Waals surface area (Å²) in [7, 11) is 0. The van der Waals surface area contributed by atoms with Gasteiger partial charge in [-0.1, -0.05) is 32.4 Å². The molecule has 0 aliphatic rings. The molecular weight excluding hydrogens is 200 g/mol. The Balaban J connectivity index is 0.000000673. The first-order valence-electron chi connectivity index (χ1n) is 5.81. The molecule has 0 radical (unpaired) electrons. The van der Waals surface area contributed by atoms with Gasteiger partial charge in [0.15, 0.2) is 0 Å². The van der Waals surface area contributed by atoms with Crippen LogP contribution < -0.4 is 4.74 Å². The van der Waals surface area contributed by atoms with E-state index in [-0.39, 0.29) is 0 Å². The van der Waals surface area contributed by atoms with Crippen LogP contribution in [-0.2, 0) is 0 Å². The van der Waals surface area contributed by atoms with Crippen molar-refractivity contribution in [2.24, 2.45) is 0 Å². The number of hydrogen-bond acceptors (Lipinski definition) is 2. The molecular formula is C14H24O2. The minimum atomic E-state index is -0.774. The van der Waals surface area contributed by atoms with Gasteiger partial charge >= 0.3 is 0 Å². The monoisotopic (exact) mass is 224 g/mol. The first kappa shape index (κ1) is 15.0. The molecule has 92 valence electrons. The standard InChI is InChI=1S/C11H16O2.C3H8/c1-9-5-4-6-10(7-9)13-8-11(2,3)12;1-3-2/h4-7,12H,8H2,1-3H3;3H2,1-2H3. The van der Waals surface area contributed by atoms with Gasteiger partial charge in [-0.25, -0.2) is 0 Å². The predicted octanol–water partition coefficient (Wildman–Crippen LogP) is 3.56. The van der Waals surface area contributed by atoms with E-state index < -0.39 is 5.60 Å². The van der Waals surface area contributed by atoms with Crippen LogP contribution in [0.25, 0.3) is 0 Å². The minimum Gasteiger partial charge on any atom is -0.491 e. The molecule has 1 aromatic rings. The summed E-state index contributed by atoms with van der Waals surface area (Å²) >= 11 is 0. The molecule has 1 aromatic carbocycles. The third-order valence-corrected chi connectivity index (χ3v) is 1.58. The van der Waals surface area contributed by atoms with Crippen LogP contribution in [0.3, 0.4) is 0 Å². The molecule has 0 saturated carbocycles. The third-order valence-electron chi connectivity index (χ3n) is 1.58. The van der Waals surface area contributed by atoms with Crippen LogP contribution in [-0.4, -0.2) is 17.3 Å². The van der Waals surface area contributed by atoms with Crippen molar-refractivity contribution < 1.29 is 9.84 Å². The lowest BCUT2D eigenvalue weighted by molar-refractivity contribution is 0.0284. The van der Waals surface area contributed by atoms with E-state index in [1.54, 1.807) is 13.8 Å². The number of ether oxygens (including phenoxy) is 1. The normalized spacial score (nSPS) is 10.4. The van der Waals surface area contributed by atoms with E-state index in [9.17, 15) is 5.11 Å². The second-order valence-electron chi connectivity index (χ2n) is 4.62. The lowest BCUT2D eigenvalue weighted by atomic mass is 10.2. The summed E-state index contributed by atoms with van der Waals surface area (Å²) in [6.45, 7) is 10.0. The van der Waals surface area contributed by atoms with Gasteiger partial charge in [-0.15, -0.1) is 0 Å². The Labute approximate surface area is 99.3 Å². The molecule has 0 saturated heterocycles. The Bertz CT molecular complexity index is 287. The second kappa shape index (κ2) is 7.29. The van der Waals surface area contributed by atoms with E-state index in [2.05, 4.69) is 13.8 Å². The Morgan fingerprint density at radius 1 is 1.25 bits per heavy atom. The van der Waals surface area contributed by atoms with E-state index in [1.165, 1.54) is 6.42 Å². The highest BCUT2D eigenvalue weighted by Gasteiger charge is 2.12. The third kappa shape index (κ3) is 8.30. The fraction of sp³-hybridized carbons (Fsp3) is 0.571. The molecule has 2 nitrogen and oxygen atoms in total. The van der Waals surface area contributed by atoms with Crippen molar-refractivity contribution >= 4 is 0 Å². The Morgan fingerprint density at radius 3 is 2.25 bits per heavy atom. The van der Waals surface area contributed by atoms with Crippen molar-refractivity contribution in [2.75, 3.05) is 6.61 Å². The molecule has 0 bridgehead atoms. The van der Waals surface area contributed by atoms with E-state index >= 15 is 0 Å². The predicted molar refractivity (Wildman–Crippen MR) is 68.9 cm³/mol. The Morgan fingerprint density at radius 2 is 1.81 bits per heavy atom. The van der Waals surface area contributed by atoms with Crippen LogP contribution in [0.1, 0.15) is 39.7 Å². The van der Waals surface area contributed by atoms with E-state index in [0.717, 1.165) is 11.3 Å². The SMILES string of the molecule is CCC.Cc1cccc(OCC(C)(C)O)c1. The molecule has 2 heteroatoms. The van der Waals surface area contributed by atoms with Crippen LogP contribution in [0.15, 0.2) is 24.3 Å². The van der Waals surface area contributed by atoms with Gasteiger partial charge in [0.05, 0.1) is 5.60 Å². The summed E-state index contributed by atoms with van der Waals surface area (Å²) in [5, 5.41) is 9.42. The average Bonchev–Trinajstić information content (AvgIpc) is 2.15. The van der Waals surface area contributed by atoms with Crippen LogP contribution >= 0.6 is 0 Å². The molecule has 16 heavy (non-hydrogen) atoms. The highest BCUT2D eigenvalue weighted by molar-refractivity contribution is 5.27. The maximum atomic E-state index is 9.42. The fourth-order valence-corrected chi connectivity index (χ4v) is 0.965. The molecule has 0 amide bonds. The van der Waals surface area contributed by atoms with Crippen molar-refractivity contribution in [2.45, 2.75) is 46.6 Å². The maximum absolute atomic E-state index is 9.42. The molecule has 0 spiro atoms. The van der Waals surface area contributed by atoms with Crippen LogP contribution in [0.4, 0.5) is 0 Å². The van der Waals surface area contributed by atoms with E-state index in [1.807, 2.05) is 31.2 Å². The van der Waals surface area contributed by atoms with Gasteiger partial charge in [-0.3, -0.25) is 0 Å². The molecule has 1 rings (SSSR count). The van der Waals surface area contributed by atoms with Gasteiger partial charge in [-0.05, 0) is 38.5 Å². The molecule has 0 fully saturated rings. The van der Waals surface area contributed by atoms with Gasteiger partial charge in [-0.2, -0.15) is 0 Å². The lowest BCUT2D eigenvalue weighted by Crippen LogP contribution is -2.27. The summed E-state index contributed by atoms with van der Waals surface area (Å²) in [5.74, 6) is 0.808. The Kier molecular flexibility index (Phi) is 6.82. The number of hydrogen-bond donors (Lipinski definition) is 1. The Hall–Kier alpha value is -1.02. The highest BCUT2D eigenvalue weighted by Crippen LogP contribution is 2.14. The van der Waals surface area contributed by atoms with Crippen LogP contribution in [0, 0.1) is 6.92 Å². The maximum Gasteiger partial charge on any atom is 0.119 e. The van der Waals surface area contributed by atoms with Gasteiger partial charge in [0, 0.05) is 0 Å². The van der Waals surface area contributed by atoms with Crippen molar-refractivity contribution in [3.63, 3.8) is 0 Å². The summed E-state index contributed by atoms with van der Waals surface area (Å²) < 4.78 is 5.40. The second-order valence-corrected chi connectivity index (χ2v) is 4.62. The smallest absolute Gasteiger partial charge is 0.119 e. The molecule has 0 atom stereocenters. The van der Waals surface area contributed by atoms with E-state index in [4.69, 9.17) is 4.74 Å². The van der Waals surface area contributed by atoms with Gasteiger partial charge in [0.2, 0.25) is 0 Å². The zero-order valence-electron chi connectivity index (χ0n) is 11.1. The zero-order valence-corrected chi connectivity index (χ0v) is 11.1. The highest BCUT2D eigenvalue weighted by atomic mass is 16.5. The van der Waals surface area contributed by atoms with Crippen LogP contribution in [0.2, 0.25) is 0 Å². The average molecular weight is 224 g/mol. The fourth-order valence-electron chi connectivity index (χ4n) is 0.965. The topological polar surface area (TPSA) is 29.5 Å². The quantitative estimate of drug-likeness (QED) is 0.850. The summed E-state index contributed by atoms with van der Waals surface area (Å²) in [6, 6.07) is 7.79. The number of rotatable bonds is 3. The van der Waals surface area contributed by atoms with Crippen molar-refractivity contribution in [3.8, 4) is 5.75 Å². The first-order chi connectivity index (χ1) is 7.39. The number of aryl methyl sites for hydroxylation is 1.